The van der Waals surface area contributed by atoms with Gasteiger partial charge in [0.05, 0.1) is 42.9 Å². The zero-order valence-corrected chi connectivity index (χ0v) is 23.7. The normalized spacial score (nSPS) is 42.0. The van der Waals surface area contributed by atoms with E-state index in [1.54, 1.807) is 6.07 Å². The maximum absolute atomic E-state index is 12.3. The number of hydrogen-bond acceptors (Lipinski definition) is 4. The van der Waals surface area contributed by atoms with Crippen molar-refractivity contribution in [2.75, 3.05) is 27.2 Å². The number of primary amides is 1. The van der Waals surface area contributed by atoms with Crippen LogP contribution in [0.15, 0.2) is 12.1 Å². The van der Waals surface area contributed by atoms with Gasteiger partial charge in [0.2, 0.25) is 0 Å². The van der Waals surface area contributed by atoms with E-state index in [2.05, 4.69) is 33.9 Å². The Morgan fingerprint density at radius 3 is 2.49 bits per heavy atom. The van der Waals surface area contributed by atoms with Crippen LogP contribution < -0.4 is 5.73 Å². The van der Waals surface area contributed by atoms with Crippen molar-refractivity contribution in [1.29, 1.82) is 0 Å². The highest BCUT2D eigenvalue weighted by Gasteiger charge is 2.78. The third-order valence-electron chi connectivity index (χ3n) is 12.6. The van der Waals surface area contributed by atoms with Crippen molar-refractivity contribution in [2.24, 2.45) is 28.4 Å². The smallest absolute Gasteiger partial charge is 0.252 e. The van der Waals surface area contributed by atoms with Crippen molar-refractivity contribution in [3.05, 3.63) is 28.8 Å². The quantitative estimate of drug-likeness (QED) is 0.515. The number of rotatable bonds is 5. The Morgan fingerprint density at radius 2 is 1.89 bits per heavy atom. The lowest BCUT2D eigenvalue weighted by Crippen LogP contribution is -2.81. The summed E-state index contributed by atoms with van der Waals surface area (Å²) in [5.41, 5.74) is 6.05. The van der Waals surface area contributed by atoms with Crippen LogP contribution in [0.2, 0.25) is 0 Å². The number of quaternary nitrogens is 1. The number of carbonyl (C=O) groups excluding carboxylic acids is 1. The number of nitrogens with two attached hydrogens (primary N) is 1. The van der Waals surface area contributed by atoms with Gasteiger partial charge in [0.25, 0.3) is 5.91 Å². The third kappa shape index (κ3) is 3.12. The van der Waals surface area contributed by atoms with Gasteiger partial charge in [-0.05, 0) is 62.5 Å². The molecule has 1 heterocycles. The van der Waals surface area contributed by atoms with E-state index in [0.717, 1.165) is 61.0 Å². The molecule has 6 heteroatoms. The second-order valence-corrected chi connectivity index (χ2v) is 15.0. The molecule has 5 fully saturated rings. The summed E-state index contributed by atoms with van der Waals surface area (Å²) < 4.78 is 7.59. The number of piperidine rings is 1. The molecule has 1 amide bonds. The maximum atomic E-state index is 12.3. The summed E-state index contributed by atoms with van der Waals surface area (Å²) in [7, 11) is 4.30. The number of likely N-dealkylation sites (tertiary alicyclic amines) is 1. The number of hydrogen-bond donors (Lipinski definition) is 3. The Balaban J connectivity index is 1.60. The monoisotopic (exact) mass is 511 g/mol. The Kier molecular flexibility index (Phi) is 5.21. The van der Waals surface area contributed by atoms with Crippen molar-refractivity contribution in [3.8, 4) is 5.75 Å². The molecule has 4 N–H and O–H groups in total. The molecule has 1 spiro atoms. The highest BCUT2D eigenvalue weighted by atomic mass is 16.5. The van der Waals surface area contributed by atoms with Gasteiger partial charge in [0, 0.05) is 48.2 Å². The summed E-state index contributed by atoms with van der Waals surface area (Å²) in [4.78, 5) is 12.3. The number of nitrogens with zero attached hydrogens (tertiary/aromatic N) is 1. The van der Waals surface area contributed by atoms with Crippen LogP contribution >= 0.6 is 0 Å². The van der Waals surface area contributed by atoms with Crippen molar-refractivity contribution in [3.63, 3.8) is 0 Å². The van der Waals surface area contributed by atoms with Crippen LogP contribution in [-0.2, 0) is 16.6 Å². The third-order valence-corrected chi connectivity index (χ3v) is 12.6. The van der Waals surface area contributed by atoms with Gasteiger partial charge in [0.15, 0.2) is 0 Å². The van der Waals surface area contributed by atoms with Gasteiger partial charge in [-0.2, -0.15) is 0 Å². The van der Waals surface area contributed by atoms with E-state index in [0.29, 0.717) is 6.04 Å². The van der Waals surface area contributed by atoms with Gasteiger partial charge in [-0.15, -0.1) is 0 Å². The second-order valence-electron chi connectivity index (χ2n) is 15.0. The topological polar surface area (TPSA) is 92.8 Å². The molecule has 1 aromatic rings. The van der Waals surface area contributed by atoms with Crippen molar-refractivity contribution < 1.29 is 24.2 Å². The number of fused-ring (bicyclic) bond motifs is 3. The van der Waals surface area contributed by atoms with E-state index in [9.17, 15) is 15.0 Å². The fraction of sp³-hybridized carbons (Fsp3) is 0.774. The van der Waals surface area contributed by atoms with Crippen LogP contribution in [0.1, 0.15) is 94.1 Å². The molecule has 1 unspecified atom stereocenters. The average Bonchev–Trinajstić information content (AvgIpc) is 3.63. The molecule has 5 aliphatic carbocycles. The zero-order valence-electron chi connectivity index (χ0n) is 23.7. The number of methoxy groups -OCH3 is 1. The Labute approximate surface area is 222 Å². The molecule has 0 radical (unpaired) electrons. The molecule has 204 valence electrons. The van der Waals surface area contributed by atoms with Crippen LogP contribution in [-0.4, -0.2) is 65.1 Å². The van der Waals surface area contributed by atoms with Gasteiger partial charge in [0.1, 0.15) is 5.75 Å². The molecule has 7 rings (SSSR count). The molecule has 0 aromatic heterocycles. The first-order valence-electron chi connectivity index (χ1n) is 14.4. The van der Waals surface area contributed by atoms with Crippen LogP contribution in [0.25, 0.3) is 0 Å². The molecule has 1 saturated heterocycles. The Morgan fingerprint density at radius 1 is 1.19 bits per heavy atom. The number of carbonyl (C=O) groups is 1. The number of aromatic hydroxyl groups is 1. The molecule has 4 bridgehead atoms. The van der Waals surface area contributed by atoms with E-state index >= 15 is 0 Å². The van der Waals surface area contributed by atoms with E-state index < -0.39 is 17.1 Å². The molecule has 1 aromatic carbocycles. The van der Waals surface area contributed by atoms with Crippen molar-refractivity contribution in [1.82, 2.24) is 0 Å². The number of benzene rings is 1. The minimum absolute atomic E-state index is 0.00938. The number of likely N-dealkylation sites (N-methyl/N-ethyl adjacent to an activating group) is 1. The number of phenols is 1. The number of ether oxygens (including phenoxy) is 1. The van der Waals surface area contributed by atoms with Crippen LogP contribution in [0.3, 0.4) is 0 Å². The van der Waals surface area contributed by atoms with E-state index in [1.807, 2.05) is 14.0 Å². The SMILES string of the molecule is CO[C@]12CC[C@@]3(C[C@@H]1C(C)(O)C(C)(C)C)[C@H]1Cc4ccc(C(N)=O)c(O)c4[C@@]3(CC[N@+]1(C)CC1CC1)C2. The Hall–Kier alpha value is -1.63. The number of amides is 1. The molecule has 6 aliphatic rings. The predicted octanol–water partition coefficient (Wildman–Crippen LogP) is 4.29. The van der Waals surface area contributed by atoms with Crippen LogP contribution in [0.5, 0.6) is 5.75 Å². The van der Waals surface area contributed by atoms with Gasteiger partial charge >= 0.3 is 0 Å². The molecular weight excluding hydrogens is 464 g/mol. The minimum atomic E-state index is -0.913. The molecular formula is C31H47N2O4+. The largest absolute Gasteiger partial charge is 0.507 e. The molecule has 6 nitrogen and oxygen atoms in total. The lowest BCUT2D eigenvalue weighted by atomic mass is 9.33. The molecule has 4 saturated carbocycles. The first kappa shape index (κ1) is 25.6. The zero-order chi connectivity index (χ0) is 26.8. The lowest BCUT2D eigenvalue weighted by Gasteiger charge is -2.75. The van der Waals surface area contributed by atoms with Crippen LogP contribution in [0.4, 0.5) is 0 Å². The van der Waals surface area contributed by atoms with E-state index in [1.165, 1.54) is 24.9 Å². The fourth-order valence-electron chi connectivity index (χ4n) is 10.0. The number of aliphatic hydroxyl groups is 1. The van der Waals surface area contributed by atoms with Gasteiger partial charge in [-0.25, -0.2) is 0 Å². The summed E-state index contributed by atoms with van der Waals surface area (Å²) in [6.45, 7) is 10.7. The van der Waals surface area contributed by atoms with Crippen LogP contribution in [0, 0.1) is 22.7 Å². The summed E-state index contributed by atoms with van der Waals surface area (Å²) in [6.07, 6.45) is 8.15. The molecule has 7 atom stereocenters. The van der Waals surface area contributed by atoms with Crippen molar-refractivity contribution >= 4 is 5.91 Å². The first-order chi connectivity index (χ1) is 17.2. The highest BCUT2D eigenvalue weighted by Crippen LogP contribution is 2.75. The average molecular weight is 512 g/mol. The molecule has 37 heavy (non-hydrogen) atoms. The summed E-state index contributed by atoms with van der Waals surface area (Å²) in [5, 5.41) is 23.9. The Bertz CT molecular complexity index is 1150. The predicted molar refractivity (Wildman–Crippen MR) is 143 cm³/mol. The first-order valence-corrected chi connectivity index (χ1v) is 14.4. The van der Waals surface area contributed by atoms with Gasteiger partial charge in [-0.3, -0.25) is 4.79 Å². The summed E-state index contributed by atoms with van der Waals surface area (Å²) in [5.74, 6) is 0.331. The van der Waals surface area contributed by atoms with E-state index in [4.69, 9.17) is 10.5 Å². The summed E-state index contributed by atoms with van der Waals surface area (Å²) >= 11 is 0. The maximum Gasteiger partial charge on any atom is 0.252 e. The van der Waals surface area contributed by atoms with Gasteiger partial charge in [-0.1, -0.05) is 26.8 Å². The lowest BCUT2D eigenvalue weighted by molar-refractivity contribution is -0.952. The second kappa shape index (κ2) is 7.51. The van der Waals surface area contributed by atoms with Crippen molar-refractivity contribution in [2.45, 2.75) is 102 Å². The summed E-state index contributed by atoms with van der Waals surface area (Å²) in [6, 6.07) is 4.21. The van der Waals surface area contributed by atoms with E-state index in [-0.39, 0.29) is 33.5 Å². The van der Waals surface area contributed by atoms with Gasteiger partial charge < -0.3 is 25.2 Å². The highest BCUT2D eigenvalue weighted by molar-refractivity contribution is 5.96. The fourth-order valence-corrected chi connectivity index (χ4v) is 10.0. The minimum Gasteiger partial charge on any atom is -0.507 e. The standard InChI is InChI=1S/C31H46N2O4/c1-27(2,3)28(4,36)22-16-29-11-12-31(22,37-6)18-30(29)13-14-33(5,17-19-7-8-19)23(29)15-20-9-10-21(26(32)35)25(34)24(20)30/h9-10,19,22-23,36H,7-8,11-18H2,1-6H3,(H2-,32,34,35)/p+1/t22-,23-,28?,29-,30-,31+,33-/m1/s1. The molecule has 1 aliphatic heterocycles.